The second-order valence-electron chi connectivity index (χ2n) is 5.40. The van der Waals surface area contributed by atoms with Gasteiger partial charge < -0.3 is 10.6 Å². The highest BCUT2D eigenvalue weighted by Crippen LogP contribution is 2.25. The number of halogens is 1. The number of nitrogens with zero attached hydrogens (tertiary/aromatic N) is 1. The van der Waals surface area contributed by atoms with Gasteiger partial charge in [0.25, 0.3) is 5.91 Å². The number of benzene rings is 1. The highest BCUT2D eigenvalue weighted by atomic mass is 19.1. The second kappa shape index (κ2) is 5.70. The van der Waals surface area contributed by atoms with Crippen molar-refractivity contribution in [2.75, 3.05) is 13.1 Å². The van der Waals surface area contributed by atoms with Crippen LogP contribution in [0.3, 0.4) is 0 Å². The lowest BCUT2D eigenvalue weighted by atomic mass is 9.90. The number of hydrogen-bond donors (Lipinski definition) is 1. The molecule has 0 spiro atoms. The predicted molar refractivity (Wildman–Crippen MR) is 73.4 cm³/mol. The molecule has 2 rings (SSSR count). The third-order valence-corrected chi connectivity index (χ3v) is 3.97. The fourth-order valence-electron chi connectivity index (χ4n) is 2.82. The fraction of sp³-hybridized carbons (Fsp3) is 0.533. The summed E-state index contributed by atoms with van der Waals surface area (Å²) in [4.78, 5) is 14.3. The first-order valence-electron chi connectivity index (χ1n) is 6.81. The Morgan fingerprint density at radius 3 is 2.95 bits per heavy atom. The van der Waals surface area contributed by atoms with Crippen molar-refractivity contribution < 1.29 is 9.18 Å². The van der Waals surface area contributed by atoms with Crippen molar-refractivity contribution in [1.82, 2.24) is 4.90 Å². The molecule has 1 heterocycles. The van der Waals surface area contributed by atoms with Crippen molar-refractivity contribution in [3.8, 4) is 0 Å². The topological polar surface area (TPSA) is 46.3 Å². The predicted octanol–water partition coefficient (Wildman–Crippen LogP) is 2.33. The summed E-state index contributed by atoms with van der Waals surface area (Å²) >= 11 is 0. The molecule has 2 N–H and O–H groups in total. The molecule has 0 radical (unpaired) electrons. The van der Waals surface area contributed by atoms with E-state index in [4.69, 9.17) is 5.73 Å². The molecule has 1 aromatic rings. The van der Waals surface area contributed by atoms with E-state index in [0.29, 0.717) is 19.0 Å². The maximum absolute atomic E-state index is 13.8. The van der Waals surface area contributed by atoms with Crippen molar-refractivity contribution in [1.29, 1.82) is 0 Å². The molecule has 1 aromatic carbocycles. The zero-order valence-electron chi connectivity index (χ0n) is 11.5. The van der Waals surface area contributed by atoms with Crippen molar-refractivity contribution in [3.05, 3.63) is 35.1 Å². The quantitative estimate of drug-likeness (QED) is 0.891. The average molecular weight is 264 g/mol. The molecule has 0 bridgehead atoms. The van der Waals surface area contributed by atoms with Crippen LogP contribution >= 0.6 is 0 Å². The van der Waals surface area contributed by atoms with E-state index >= 15 is 0 Å². The number of hydrogen-bond acceptors (Lipinski definition) is 2. The third-order valence-electron chi connectivity index (χ3n) is 3.97. The number of aryl methyl sites for hydroxylation is 1. The van der Waals surface area contributed by atoms with Crippen molar-refractivity contribution >= 4 is 5.91 Å². The summed E-state index contributed by atoms with van der Waals surface area (Å²) in [6.07, 6.45) is 2.03. The van der Waals surface area contributed by atoms with Gasteiger partial charge in [-0.3, -0.25) is 4.79 Å². The first-order chi connectivity index (χ1) is 9.04. The number of carbonyl (C=O) groups excluding carboxylic acids is 1. The summed E-state index contributed by atoms with van der Waals surface area (Å²) in [6, 6.07) is 4.66. The van der Waals surface area contributed by atoms with Gasteiger partial charge in [0.05, 0.1) is 5.56 Å². The Kier molecular flexibility index (Phi) is 4.20. The first kappa shape index (κ1) is 14.0. The van der Waals surface area contributed by atoms with Gasteiger partial charge in [0.15, 0.2) is 0 Å². The van der Waals surface area contributed by atoms with Gasteiger partial charge in [-0.15, -0.1) is 0 Å². The lowest BCUT2D eigenvalue weighted by Crippen LogP contribution is -2.51. The minimum atomic E-state index is -0.454. The second-order valence-corrected chi connectivity index (χ2v) is 5.40. The molecule has 4 heteroatoms. The molecule has 2 atom stereocenters. The number of likely N-dealkylation sites (tertiary alicyclic amines) is 1. The molecule has 0 saturated carbocycles. The third kappa shape index (κ3) is 2.78. The average Bonchev–Trinajstić information content (AvgIpc) is 2.40. The van der Waals surface area contributed by atoms with Crippen LogP contribution in [-0.4, -0.2) is 29.9 Å². The Morgan fingerprint density at radius 2 is 2.26 bits per heavy atom. The molecule has 1 aliphatic heterocycles. The Bertz CT molecular complexity index is 475. The minimum Gasteiger partial charge on any atom is -0.334 e. The van der Waals surface area contributed by atoms with Crippen LogP contribution in [0.4, 0.5) is 4.39 Å². The number of amides is 1. The molecule has 19 heavy (non-hydrogen) atoms. The van der Waals surface area contributed by atoms with E-state index in [9.17, 15) is 9.18 Å². The summed E-state index contributed by atoms with van der Waals surface area (Å²) in [5, 5.41) is 0. The fourth-order valence-corrected chi connectivity index (χ4v) is 2.82. The Labute approximate surface area is 113 Å². The van der Waals surface area contributed by atoms with Gasteiger partial charge in [-0.05, 0) is 37.8 Å². The number of nitrogens with two attached hydrogens (primary N) is 1. The van der Waals surface area contributed by atoms with Crippen LogP contribution < -0.4 is 5.73 Å². The zero-order valence-corrected chi connectivity index (χ0v) is 11.5. The van der Waals surface area contributed by atoms with Crippen LogP contribution in [0.25, 0.3) is 0 Å². The lowest BCUT2D eigenvalue weighted by molar-refractivity contribution is 0.0528. The number of carbonyl (C=O) groups is 1. The molecule has 0 aromatic heterocycles. The van der Waals surface area contributed by atoms with E-state index in [2.05, 4.69) is 6.92 Å². The lowest BCUT2D eigenvalue weighted by Gasteiger charge is -2.39. The molecule has 1 saturated heterocycles. The van der Waals surface area contributed by atoms with E-state index < -0.39 is 5.82 Å². The number of rotatable bonds is 2. The molecule has 0 aliphatic carbocycles. The van der Waals surface area contributed by atoms with E-state index in [0.717, 1.165) is 18.4 Å². The van der Waals surface area contributed by atoms with Crippen molar-refractivity contribution in [3.63, 3.8) is 0 Å². The molecule has 1 amide bonds. The molecule has 0 unspecified atom stereocenters. The summed E-state index contributed by atoms with van der Waals surface area (Å²) in [7, 11) is 0. The molecular weight excluding hydrogens is 243 g/mol. The molecular formula is C15H21FN2O. The maximum Gasteiger partial charge on any atom is 0.257 e. The zero-order chi connectivity index (χ0) is 14.0. The summed E-state index contributed by atoms with van der Waals surface area (Å²) < 4.78 is 13.8. The van der Waals surface area contributed by atoms with Crippen LogP contribution in [0.1, 0.15) is 35.7 Å². The van der Waals surface area contributed by atoms with Crippen molar-refractivity contribution in [2.24, 2.45) is 11.7 Å². The highest BCUT2D eigenvalue weighted by molar-refractivity contribution is 5.95. The van der Waals surface area contributed by atoms with Crippen LogP contribution in [0.15, 0.2) is 18.2 Å². The molecule has 3 nitrogen and oxygen atoms in total. The minimum absolute atomic E-state index is 0.0150. The summed E-state index contributed by atoms with van der Waals surface area (Å²) in [5.41, 5.74) is 6.83. The van der Waals surface area contributed by atoms with E-state index in [1.807, 2.05) is 6.92 Å². The molecule has 104 valence electrons. The monoisotopic (exact) mass is 264 g/mol. The van der Waals surface area contributed by atoms with Crippen LogP contribution in [0.5, 0.6) is 0 Å². The van der Waals surface area contributed by atoms with Gasteiger partial charge in [-0.25, -0.2) is 4.39 Å². The number of piperidine rings is 1. The van der Waals surface area contributed by atoms with Gasteiger partial charge in [0.2, 0.25) is 0 Å². The molecule has 1 aliphatic rings. The molecule has 1 fully saturated rings. The van der Waals surface area contributed by atoms with Gasteiger partial charge in [-0.2, -0.15) is 0 Å². The van der Waals surface area contributed by atoms with Gasteiger partial charge in [0, 0.05) is 19.1 Å². The Hall–Kier alpha value is -1.42. The normalized spacial score (nSPS) is 23.5. The maximum atomic E-state index is 13.8. The van der Waals surface area contributed by atoms with Crippen molar-refractivity contribution in [2.45, 2.75) is 32.7 Å². The van der Waals surface area contributed by atoms with E-state index in [1.165, 1.54) is 6.07 Å². The van der Waals surface area contributed by atoms with Gasteiger partial charge in [-0.1, -0.05) is 18.6 Å². The highest BCUT2D eigenvalue weighted by Gasteiger charge is 2.32. The summed E-state index contributed by atoms with van der Waals surface area (Å²) in [6.45, 7) is 5.05. The Balaban J connectivity index is 2.29. The van der Waals surface area contributed by atoms with E-state index in [-0.39, 0.29) is 17.5 Å². The summed E-state index contributed by atoms with van der Waals surface area (Å²) in [5.74, 6) is -0.316. The SMILES string of the molecule is Cc1ccc(F)c(C(=O)N2CCC[C@@H](C)[C@@H]2CN)c1. The van der Waals surface area contributed by atoms with E-state index in [1.54, 1.807) is 17.0 Å². The van der Waals surface area contributed by atoms with Crippen LogP contribution in [-0.2, 0) is 0 Å². The van der Waals surface area contributed by atoms with Gasteiger partial charge >= 0.3 is 0 Å². The standard InChI is InChI=1S/C15H21FN2O/c1-10-5-6-13(16)12(8-10)15(19)18-7-3-4-11(2)14(18)9-17/h5-6,8,11,14H,3-4,7,9,17H2,1-2H3/t11-,14+/m1/s1. The van der Waals surface area contributed by atoms with Crippen LogP contribution in [0, 0.1) is 18.7 Å². The largest absolute Gasteiger partial charge is 0.334 e. The van der Waals surface area contributed by atoms with Crippen LogP contribution in [0.2, 0.25) is 0 Å². The smallest absolute Gasteiger partial charge is 0.257 e. The Morgan fingerprint density at radius 1 is 1.53 bits per heavy atom. The first-order valence-corrected chi connectivity index (χ1v) is 6.81. The van der Waals surface area contributed by atoms with Gasteiger partial charge in [0.1, 0.15) is 5.82 Å².